The Labute approximate surface area is 261 Å². The molecule has 0 bridgehead atoms. The van der Waals surface area contributed by atoms with Crippen LogP contribution in [0.1, 0.15) is 39.2 Å². The highest BCUT2D eigenvalue weighted by atomic mass is 35.5. The molecule has 0 aliphatic carbocycles. The quantitative estimate of drug-likeness (QED) is 0.223. The van der Waals surface area contributed by atoms with Crippen LogP contribution in [0.25, 0.3) is 0 Å². The van der Waals surface area contributed by atoms with Crippen molar-refractivity contribution in [2.45, 2.75) is 57.1 Å². The molecule has 41 heavy (non-hydrogen) atoms. The first-order chi connectivity index (χ1) is 19.4. The summed E-state index contributed by atoms with van der Waals surface area (Å²) in [6.07, 6.45) is 0.970. The molecule has 0 unspecified atom stereocenters. The topological polar surface area (TPSA) is 86.8 Å². The molecule has 0 radical (unpaired) electrons. The average molecular weight is 659 g/mol. The van der Waals surface area contributed by atoms with Crippen molar-refractivity contribution in [1.82, 2.24) is 10.2 Å². The zero-order valence-electron chi connectivity index (χ0n) is 22.8. The van der Waals surface area contributed by atoms with E-state index in [-0.39, 0.29) is 50.6 Å². The molecule has 0 fully saturated rings. The van der Waals surface area contributed by atoms with Crippen molar-refractivity contribution in [3.63, 3.8) is 0 Å². The molecule has 7 nitrogen and oxygen atoms in total. The maximum absolute atomic E-state index is 14.1. The van der Waals surface area contributed by atoms with Gasteiger partial charge < -0.3 is 10.2 Å². The van der Waals surface area contributed by atoms with E-state index in [1.807, 2.05) is 13.8 Å². The van der Waals surface area contributed by atoms with Crippen molar-refractivity contribution in [2.24, 2.45) is 0 Å². The lowest BCUT2D eigenvalue weighted by molar-refractivity contribution is -0.140. The summed E-state index contributed by atoms with van der Waals surface area (Å²) >= 11 is 25.0. The van der Waals surface area contributed by atoms with Gasteiger partial charge in [-0.05, 0) is 67.8 Å². The number of hydrogen-bond acceptors (Lipinski definition) is 4. The Morgan fingerprint density at radius 1 is 0.854 bits per heavy atom. The van der Waals surface area contributed by atoms with Gasteiger partial charge >= 0.3 is 0 Å². The van der Waals surface area contributed by atoms with Crippen LogP contribution in [0.4, 0.5) is 5.69 Å². The second-order valence-electron chi connectivity index (χ2n) is 9.43. The number of benzene rings is 3. The minimum atomic E-state index is -4.28. The van der Waals surface area contributed by atoms with E-state index >= 15 is 0 Å². The van der Waals surface area contributed by atoms with Gasteiger partial charge in [0.05, 0.1) is 25.7 Å². The first-order valence-electron chi connectivity index (χ1n) is 13.0. The second kappa shape index (κ2) is 14.6. The third-order valence-corrected chi connectivity index (χ3v) is 9.58. The number of halogens is 4. The Bertz CT molecular complexity index is 1490. The summed E-state index contributed by atoms with van der Waals surface area (Å²) in [6, 6.07) is 15.9. The van der Waals surface area contributed by atoms with Crippen LogP contribution in [0.5, 0.6) is 0 Å². The second-order valence-corrected chi connectivity index (χ2v) is 13.0. The standard InChI is InChI=1S/C29H31Cl4N3O4S/c1-4-19(3)34-29(38)26(5-2)35(17-20-11-13-23(31)25(33)15-20)28(37)18-36(27-16-21(30)12-14-24(27)32)41(39,40)22-9-7-6-8-10-22/h6-16,19,26H,4-5,17-18H2,1-3H3,(H,34,38)/t19-,26+/m0/s1. The lowest BCUT2D eigenvalue weighted by Gasteiger charge is -2.34. The molecule has 0 aliphatic heterocycles. The molecule has 2 amide bonds. The summed E-state index contributed by atoms with van der Waals surface area (Å²) < 4.78 is 28.7. The fourth-order valence-electron chi connectivity index (χ4n) is 4.11. The number of anilines is 1. The van der Waals surface area contributed by atoms with Crippen LogP contribution in [0, 0.1) is 0 Å². The van der Waals surface area contributed by atoms with Crippen LogP contribution in [0.15, 0.2) is 71.6 Å². The Hall–Kier alpha value is -2.49. The number of sulfonamides is 1. The highest BCUT2D eigenvalue weighted by molar-refractivity contribution is 7.92. The van der Waals surface area contributed by atoms with E-state index < -0.39 is 28.5 Å². The van der Waals surface area contributed by atoms with Gasteiger partial charge in [0.2, 0.25) is 11.8 Å². The number of carbonyl (C=O) groups excluding carboxylic acids is 2. The minimum absolute atomic E-state index is 0.0232. The van der Waals surface area contributed by atoms with Crippen LogP contribution in [-0.2, 0) is 26.2 Å². The van der Waals surface area contributed by atoms with Crippen molar-refractivity contribution >= 4 is 73.9 Å². The number of nitrogens with one attached hydrogen (secondary N) is 1. The molecular weight excluding hydrogens is 628 g/mol. The summed E-state index contributed by atoms with van der Waals surface area (Å²) in [4.78, 5) is 28.8. The molecule has 1 N–H and O–H groups in total. The van der Waals surface area contributed by atoms with Crippen molar-refractivity contribution in [1.29, 1.82) is 0 Å². The summed E-state index contributed by atoms with van der Waals surface area (Å²) in [7, 11) is -4.28. The molecule has 3 aromatic carbocycles. The highest BCUT2D eigenvalue weighted by Gasteiger charge is 2.34. The maximum Gasteiger partial charge on any atom is 0.264 e. The molecule has 0 saturated carbocycles. The van der Waals surface area contributed by atoms with Gasteiger partial charge in [-0.25, -0.2) is 8.42 Å². The molecule has 0 aliphatic rings. The van der Waals surface area contributed by atoms with E-state index in [1.165, 1.54) is 35.2 Å². The van der Waals surface area contributed by atoms with E-state index in [4.69, 9.17) is 46.4 Å². The predicted octanol–water partition coefficient (Wildman–Crippen LogP) is 7.22. The smallest absolute Gasteiger partial charge is 0.264 e. The fourth-order valence-corrected chi connectivity index (χ4v) is 6.31. The lowest BCUT2D eigenvalue weighted by Crippen LogP contribution is -2.53. The Morgan fingerprint density at radius 3 is 2.12 bits per heavy atom. The summed E-state index contributed by atoms with van der Waals surface area (Å²) in [5.41, 5.74) is 0.642. The van der Waals surface area contributed by atoms with Crippen LogP contribution in [-0.4, -0.2) is 43.8 Å². The molecule has 0 spiro atoms. The normalized spacial score (nSPS) is 12.9. The van der Waals surface area contributed by atoms with E-state index in [2.05, 4.69) is 5.32 Å². The van der Waals surface area contributed by atoms with E-state index in [1.54, 1.807) is 43.3 Å². The molecule has 0 saturated heterocycles. The summed E-state index contributed by atoms with van der Waals surface area (Å²) in [6.45, 7) is 4.91. The van der Waals surface area contributed by atoms with E-state index in [9.17, 15) is 18.0 Å². The van der Waals surface area contributed by atoms with Gasteiger partial charge in [-0.15, -0.1) is 0 Å². The number of carbonyl (C=O) groups is 2. The molecule has 0 heterocycles. The predicted molar refractivity (Wildman–Crippen MR) is 166 cm³/mol. The molecule has 220 valence electrons. The van der Waals surface area contributed by atoms with Crippen molar-refractivity contribution in [2.75, 3.05) is 10.8 Å². The molecular formula is C29H31Cl4N3O4S. The van der Waals surface area contributed by atoms with Crippen LogP contribution >= 0.6 is 46.4 Å². The van der Waals surface area contributed by atoms with Crippen molar-refractivity contribution in [3.05, 3.63) is 92.4 Å². The zero-order valence-corrected chi connectivity index (χ0v) is 26.6. The number of hydrogen-bond donors (Lipinski definition) is 1. The average Bonchev–Trinajstić information content (AvgIpc) is 2.95. The summed E-state index contributed by atoms with van der Waals surface area (Å²) in [5.74, 6) is -0.980. The Kier molecular flexibility index (Phi) is 11.8. The monoisotopic (exact) mass is 657 g/mol. The SMILES string of the molecule is CC[C@H](C(=O)N[C@@H](C)CC)N(Cc1ccc(Cl)c(Cl)c1)C(=O)CN(c1cc(Cl)ccc1Cl)S(=O)(=O)c1ccccc1. The lowest BCUT2D eigenvalue weighted by atomic mass is 10.1. The van der Waals surface area contributed by atoms with Gasteiger partial charge in [0.15, 0.2) is 0 Å². The van der Waals surface area contributed by atoms with Crippen molar-refractivity contribution in [3.8, 4) is 0 Å². The Balaban J connectivity index is 2.10. The molecule has 12 heteroatoms. The summed E-state index contributed by atoms with van der Waals surface area (Å²) in [5, 5.41) is 3.87. The first-order valence-corrected chi connectivity index (χ1v) is 15.9. The highest BCUT2D eigenvalue weighted by Crippen LogP contribution is 2.33. The molecule has 3 aromatic rings. The molecule has 2 atom stereocenters. The van der Waals surface area contributed by atoms with Gasteiger partial charge in [-0.2, -0.15) is 0 Å². The van der Waals surface area contributed by atoms with Gasteiger partial charge in [0.1, 0.15) is 12.6 Å². The maximum atomic E-state index is 14.1. The molecule has 3 rings (SSSR count). The van der Waals surface area contributed by atoms with Crippen LogP contribution in [0.2, 0.25) is 20.1 Å². The third kappa shape index (κ3) is 8.30. The number of amides is 2. The number of nitrogens with zero attached hydrogens (tertiary/aromatic N) is 2. The largest absolute Gasteiger partial charge is 0.352 e. The van der Waals surface area contributed by atoms with Gasteiger partial charge in [0.25, 0.3) is 10.0 Å². The van der Waals surface area contributed by atoms with E-state index in [0.717, 1.165) is 4.31 Å². The third-order valence-electron chi connectivity index (χ3n) is 6.51. The van der Waals surface area contributed by atoms with Crippen LogP contribution in [0.3, 0.4) is 0 Å². The van der Waals surface area contributed by atoms with E-state index in [0.29, 0.717) is 17.0 Å². The van der Waals surface area contributed by atoms with Gasteiger partial charge in [-0.1, -0.05) is 84.5 Å². The Morgan fingerprint density at radius 2 is 1.51 bits per heavy atom. The molecule has 0 aromatic heterocycles. The number of rotatable bonds is 12. The zero-order chi connectivity index (χ0) is 30.3. The fraction of sp³-hybridized carbons (Fsp3) is 0.310. The van der Waals surface area contributed by atoms with Crippen LogP contribution < -0.4 is 9.62 Å². The first kappa shape index (κ1) is 33.0. The van der Waals surface area contributed by atoms with Gasteiger partial charge in [0, 0.05) is 17.6 Å². The van der Waals surface area contributed by atoms with Gasteiger partial charge in [-0.3, -0.25) is 13.9 Å². The van der Waals surface area contributed by atoms with Crippen molar-refractivity contribution < 1.29 is 18.0 Å². The minimum Gasteiger partial charge on any atom is -0.352 e.